The molecule has 5 aliphatic rings. The normalized spacial score (nSPS) is 38.0. The van der Waals surface area contributed by atoms with E-state index < -0.39 is 17.4 Å². The molecule has 7 heteroatoms. The van der Waals surface area contributed by atoms with Gasteiger partial charge >= 0.3 is 11.9 Å². The van der Waals surface area contributed by atoms with Crippen LogP contribution in [0.2, 0.25) is 0 Å². The van der Waals surface area contributed by atoms with Crippen LogP contribution in [0.3, 0.4) is 0 Å². The van der Waals surface area contributed by atoms with E-state index in [1.165, 1.54) is 12.8 Å². The van der Waals surface area contributed by atoms with E-state index in [-0.39, 0.29) is 52.1 Å². The SMILES string of the molecule is CC(C)C1=C2C(CC[C@]3(C)[C@@H]2CCC2[C@@]4(C)CC[C@H](OC(=O)CC(C)(C)C(=O)O)C(C)(C)C4CC[C@]23C)[C@H](CCN[C@H](C)c2ccccn2)C1=O. The van der Waals surface area contributed by atoms with Gasteiger partial charge in [-0.05, 0) is 149 Å². The number of hydrogen-bond donors (Lipinski definition) is 2. The highest BCUT2D eigenvalue weighted by Gasteiger charge is 2.69. The van der Waals surface area contributed by atoms with E-state index in [1.54, 1.807) is 19.4 Å². The van der Waals surface area contributed by atoms with Crippen LogP contribution < -0.4 is 5.32 Å². The van der Waals surface area contributed by atoms with Crippen LogP contribution in [0, 0.1) is 62.6 Å². The monoisotopic (exact) mass is 702 g/mol. The van der Waals surface area contributed by atoms with Crippen molar-refractivity contribution >= 4 is 17.7 Å². The first-order valence-electron chi connectivity index (χ1n) is 20.1. The summed E-state index contributed by atoms with van der Waals surface area (Å²) in [5, 5.41) is 13.3. The molecule has 0 radical (unpaired) electrons. The van der Waals surface area contributed by atoms with Crippen LogP contribution in [0.15, 0.2) is 35.5 Å². The van der Waals surface area contributed by atoms with Crippen molar-refractivity contribution in [2.75, 3.05) is 6.54 Å². The maximum absolute atomic E-state index is 14.4. The van der Waals surface area contributed by atoms with Gasteiger partial charge in [-0.2, -0.15) is 0 Å². The second kappa shape index (κ2) is 13.4. The van der Waals surface area contributed by atoms with Crippen molar-refractivity contribution in [2.24, 2.45) is 62.6 Å². The maximum Gasteiger partial charge on any atom is 0.309 e. The van der Waals surface area contributed by atoms with Gasteiger partial charge in [-0.25, -0.2) is 0 Å². The number of Topliss-reactive ketones (excluding diaryl/α,β-unsaturated/α-hetero) is 1. The molecule has 7 nitrogen and oxygen atoms in total. The molecule has 2 N–H and O–H groups in total. The number of carboxylic acids is 1. The number of aliphatic carboxylic acids is 1. The minimum absolute atomic E-state index is 0.0732. The van der Waals surface area contributed by atoms with E-state index in [0.717, 1.165) is 62.8 Å². The van der Waals surface area contributed by atoms with Crippen LogP contribution in [0.5, 0.6) is 0 Å². The highest BCUT2D eigenvalue weighted by atomic mass is 16.5. The number of nitrogens with zero attached hydrogens (tertiary/aromatic N) is 1. The molecule has 4 fully saturated rings. The number of allylic oxidation sites excluding steroid dienone is 2. The Bertz CT molecular complexity index is 1550. The molecule has 0 spiro atoms. The number of pyridine rings is 1. The lowest BCUT2D eigenvalue weighted by Gasteiger charge is -2.71. The average molecular weight is 703 g/mol. The van der Waals surface area contributed by atoms with Crippen molar-refractivity contribution in [3.8, 4) is 0 Å². The van der Waals surface area contributed by atoms with E-state index in [4.69, 9.17) is 4.74 Å². The van der Waals surface area contributed by atoms with E-state index in [0.29, 0.717) is 29.5 Å². The Kier molecular flexibility index (Phi) is 10.0. The Morgan fingerprint density at radius 1 is 0.961 bits per heavy atom. The van der Waals surface area contributed by atoms with Gasteiger partial charge in [0, 0.05) is 23.6 Å². The first-order chi connectivity index (χ1) is 23.8. The molecular formula is C44H66N2O5. The number of ketones is 1. The standard InChI is InChI=1S/C44H66N2O5/c1-26(2)36-37-28(29(38(36)48)19-24-45-27(3)31-13-11-12-23-46-31)16-21-43(9)30(37)14-15-33-42(8)20-18-34(51-35(47)25-40(4,5)39(49)50)41(6,7)32(42)17-22-44(33,43)10/h11-13,23,26-30,32-34,45H,14-22,24-25H2,1-10H3,(H,49,50)/t27-,28?,29+,30-,32?,33?,34+,42+,43-,44-/m1/s1. The zero-order valence-corrected chi connectivity index (χ0v) is 33.2. The molecule has 51 heavy (non-hydrogen) atoms. The number of fused-ring (bicyclic) bond motifs is 7. The summed E-state index contributed by atoms with van der Waals surface area (Å²) in [6.07, 6.45) is 11.1. The molecule has 1 aromatic rings. The smallest absolute Gasteiger partial charge is 0.309 e. The molecule has 282 valence electrons. The van der Waals surface area contributed by atoms with Crippen LogP contribution in [-0.2, 0) is 19.1 Å². The maximum atomic E-state index is 14.4. The molecule has 0 aliphatic heterocycles. The predicted octanol–water partition coefficient (Wildman–Crippen LogP) is 9.37. The van der Waals surface area contributed by atoms with Gasteiger partial charge in [0.25, 0.3) is 0 Å². The molecule has 0 amide bonds. The molecule has 0 saturated heterocycles. The topological polar surface area (TPSA) is 106 Å². The van der Waals surface area contributed by atoms with Gasteiger partial charge in [-0.3, -0.25) is 19.4 Å². The molecule has 0 bridgehead atoms. The lowest BCUT2D eigenvalue weighted by atomic mass is 9.33. The quantitative estimate of drug-likeness (QED) is 0.234. The van der Waals surface area contributed by atoms with E-state index in [2.05, 4.69) is 71.8 Å². The molecular weight excluding hydrogens is 636 g/mol. The van der Waals surface area contributed by atoms with Crippen molar-refractivity contribution < 1.29 is 24.2 Å². The van der Waals surface area contributed by atoms with Gasteiger partial charge in [-0.1, -0.05) is 60.1 Å². The third kappa shape index (κ3) is 6.13. The highest BCUT2D eigenvalue weighted by Crippen LogP contribution is 2.75. The van der Waals surface area contributed by atoms with Gasteiger partial charge in [0.2, 0.25) is 0 Å². The Balaban J connectivity index is 1.21. The molecule has 1 heterocycles. The van der Waals surface area contributed by atoms with Crippen LogP contribution in [0.4, 0.5) is 0 Å². The fraction of sp³-hybridized carbons (Fsp3) is 0.773. The van der Waals surface area contributed by atoms with Crippen LogP contribution >= 0.6 is 0 Å². The number of aromatic nitrogens is 1. The van der Waals surface area contributed by atoms with Crippen LogP contribution in [0.25, 0.3) is 0 Å². The molecule has 5 aliphatic carbocycles. The fourth-order valence-electron chi connectivity index (χ4n) is 13.1. The number of esters is 1. The molecule has 0 aromatic carbocycles. The van der Waals surface area contributed by atoms with Crippen LogP contribution in [0.1, 0.15) is 145 Å². The largest absolute Gasteiger partial charge is 0.481 e. The van der Waals surface area contributed by atoms with Crippen LogP contribution in [-0.4, -0.2) is 40.5 Å². The van der Waals surface area contributed by atoms with Gasteiger partial charge < -0.3 is 15.2 Å². The Morgan fingerprint density at radius 3 is 2.31 bits per heavy atom. The summed E-state index contributed by atoms with van der Waals surface area (Å²) in [4.78, 5) is 43.7. The Hall–Kier alpha value is -2.54. The highest BCUT2D eigenvalue weighted by molar-refractivity contribution is 6.01. The minimum Gasteiger partial charge on any atom is -0.481 e. The number of carbonyl (C=O) groups is 3. The molecule has 4 saturated carbocycles. The van der Waals surface area contributed by atoms with Crippen molar-refractivity contribution in [1.82, 2.24) is 10.3 Å². The molecule has 10 atom stereocenters. The van der Waals surface area contributed by atoms with Crippen molar-refractivity contribution in [3.63, 3.8) is 0 Å². The van der Waals surface area contributed by atoms with Gasteiger partial charge in [0.05, 0.1) is 17.5 Å². The van der Waals surface area contributed by atoms with Gasteiger partial charge in [-0.15, -0.1) is 0 Å². The predicted molar refractivity (Wildman–Crippen MR) is 201 cm³/mol. The van der Waals surface area contributed by atoms with Crippen molar-refractivity contribution in [2.45, 2.75) is 146 Å². The Morgan fingerprint density at radius 2 is 1.67 bits per heavy atom. The molecule has 1 aromatic heterocycles. The third-order valence-corrected chi connectivity index (χ3v) is 16.0. The summed E-state index contributed by atoms with van der Waals surface area (Å²) in [5.74, 6) is 1.16. The molecule has 6 rings (SSSR count). The number of carbonyl (C=O) groups excluding carboxylic acids is 2. The number of nitrogens with one attached hydrogen (secondary N) is 1. The first-order valence-corrected chi connectivity index (χ1v) is 20.1. The van der Waals surface area contributed by atoms with Gasteiger partial charge in [0.15, 0.2) is 5.78 Å². The number of hydrogen-bond acceptors (Lipinski definition) is 6. The van der Waals surface area contributed by atoms with Crippen molar-refractivity contribution in [1.29, 1.82) is 0 Å². The van der Waals surface area contributed by atoms with E-state index >= 15 is 0 Å². The first kappa shape index (κ1) is 38.2. The summed E-state index contributed by atoms with van der Waals surface area (Å²) < 4.78 is 6.17. The second-order valence-electron chi connectivity index (χ2n) is 19.7. The zero-order chi connectivity index (χ0) is 37.3. The van der Waals surface area contributed by atoms with Crippen molar-refractivity contribution in [3.05, 3.63) is 41.2 Å². The van der Waals surface area contributed by atoms with E-state index in [9.17, 15) is 19.5 Å². The lowest BCUT2D eigenvalue weighted by Crippen LogP contribution is -2.65. The third-order valence-electron chi connectivity index (χ3n) is 16.0. The summed E-state index contributed by atoms with van der Waals surface area (Å²) >= 11 is 0. The second-order valence-corrected chi connectivity index (χ2v) is 19.7. The molecule has 3 unspecified atom stereocenters. The summed E-state index contributed by atoms with van der Waals surface area (Å²) in [6, 6.07) is 6.19. The number of ether oxygens (including phenoxy) is 1. The zero-order valence-electron chi connectivity index (χ0n) is 33.2. The number of carboxylic acid groups (broad SMARTS) is 1. The summed E-state index contributed by atoms with van der Waals surface area (Å²) in [6.45, 7) is 23.0. The summed E-state index contributed by atoms with van der Waals surface area (Å²) in [5.41, 5.74) is 2.82. The average Bonchev–Trinajstić information content (AvgIpc) is 3.33. The van der Waals surface area contributed by atoms with Gasteiger partial charge in [0.1, 0.15) is 6.10 Å². The minimum atomic E-state index is -1.14. The Labute approximate surface area is 307 Å². The number of rotatable bonds is 10. The van der Waals surface area contributed by atoms with E-state index in [1.807, 2.05) is 18.3 Å². The fourth-order valence-corrected chi connectivity index (χ4v) is 13.1. The lowest BCUT2D eigenvalue weighted by molar-refractivity contribution is -0.232. The summed E-state index contributed by atoms with van der Waals surface area (Å²) in [7, 11) is 0.